The molecule has 1 aromatic heterocycles. The van der Waals surface area contributed by atoms with E-state index in [2.05, 4.69) is 11.4 Å². The molecule has 1 amide bonds. The van der Waals surface area contributed by atoms with Crippen LogP contribution in [-0.2, 0) is 4.79 Å². The zero-order valence-corrected chi connectivity index (χ0v) is 19.6. The Kier molecular flexibility index (Phi) is 7.19. The maximum atomic E-state index is 12.6. The summed E-state index contributed by atoms with van der Waals surface area (Å²) in [6, 6.07) is 27.4. The second-order valence-corrected chi connectivity index (χ2v) is 8.69. The van der Waals surface area contributed by atoms with Crippen LogP contribution in [0.3, 0.4) is 0 Å². The smallest absolute Gasteiger partial charge is 0.271 e. The highest BCUT2D eigenvalue weighted by molar-refractivity contribution is 8.00. The average molecular weight is 481 g/mol. The van der Waals surface area contributed by atoms with E-state index in [1.807, 2.05) is 67.6 Å². The first-order chi connectivity index (χ1) is 16.9. The van der Waals surface area contributed by atoms with Gasteiger partial charge >= 0.3 is 0 Å². The first kappa shape index (κ1) is 23.7. The molecule has 7 nitrogen and oxygen atoms in total. The first-order valence-electron chi connectivity index (χ1n) is 10.7. The monoisotopic (exact) mass is 480 g/mol. The molecule has 0 fully saturated rings. The van der Waals surface area contributed by atoms with E-state index >= 15 is 0 Å². The van der Waals surface area contributed by atoms with Crippen molar-refractivity contribution in [2.75, 3.05) is 11.1 Å². The number of nitro benzene ring substituents is 1. The fourth-order valence-electron chi connectivity index (χ4n) is 3.48. The van der Waals surface area contributed by atoms with Crippen molar-refractivity contribution < 1.29 is 9.72 Å². The summed E-state index contributed by atoms with van der Waals surface area (Å²) in [6.45, 7) is 2.00. The molecular weight excluding hydrogens is 460 g/mol. The maximum Gasteiger partial charge on any atom is 0.271 e. The molecule has 1 N–H and O–H groups in total. The lowest BCUT2D eigenvalue weighted by Gasteiger charge is -2.13. The molecule has 172 valence electrons. The van der Waals surface area contributed by atoms with E-state index in [9.17, 15) is 20.2 Å². The highest BCUT2D eigenvalue weighted by Crippen LogP contribution is 2.34. The number of amides is 1. The summed E-state index contributed by atoms with van der Waals surface area (Å²) in [5.41, 5.74) is 4.94. The number of aromatic nitrogens is 1. The van der Waals surface area contributed by atoms with E-state index in [0.29, 0.717) is 22.0 Å². The van der Waals surface area contributed by atoms with E-state index in [-0.39, 0.29) is 17.3 Å². The second kappa shape index (κ2) is 10.6. The van der Waals surface area contributed by atoms with Crippen LogP contribution in [0.5, 0.6) is 0 Å². The largest absolute Gasteiger partial charge is 0.325 e. The lowest BCUT2D eigenvalue weighted by Crippen LogP contribution is -2.14. The van der Waals surface area contributed by atoms with Crippen molar-refractivity contribution in [3.05, 3.63) is 106 Å². The van der Waals surface area contributed by atoms with Gasteiger partial charge in [0.1, 0.15) is 11.1 Å². The maximum absolute atomic E-state index is 12.6. The SMILES string of the molecule is Cc1ccc(-c2cc(-c3ccccc3)nc(SCC(=O)Nc3cccc([N+](=O)[O-])c3)c2C#N)cc1. The summed E-state index contributed by atoms with van der Waals surface area (Å²) in [5.74, 6) is -0.376. The molecule has 1 heterocycles. The number of thioether (sulfide) groups is 1. The zero-order valence-electron chi connectivity index (χ0n) is 18.8. The number of nitrogens with zero attached hydrogens (tertiary/aromatic N) is 3. The minimum absolute atomic E-state index is 0.0179. The van der Waals surface area contributed by atoms with Gasteiger partial charge in [0, 0.05) is 28.9 Å². The summed E-state index contributed by atoms with van der Waals surface area (Å²) in [4.78, 5) is 27.8. The molecule has 4 aromatic rings. The van der Waals surface area contributed by atoms with Gasteiger partial charge in [-0.05, 0) is 24.6 Å². The fourth-order valence-corrected chi connectivity index (χ4v) is 4.28. The Bertz CT molecular complexity index is 1430. The van der Waals surface area contributed by atoms with Gasteiger partial charge in [-0.3, -0.25) is 14.9 Å². The number of aryl methyl sites for hydroxylation is 1. The van der Waals surface area contributed by atoms with Crippen LogP contribution < -0.4 is 5.32 Å². The zero-order chi connectivity index (χ0) is 24.8. The third-order valence-corrected chi connectivity index (χ3v) is 6.19. The van der Waals surface area contributed by atoms with E-state index in [1.165, 1.54) is 18.2 Å². The van der Waals surface area contributed by atoms with Crippen molar-refractivity contribution in [1.29, 1.82) is 5.26 Å². The summed E-state index contributed by atoms with van der Waals surface area (Å²) >= 11 is 1.15. The number of rotatable bonds is 7. The van der Waals surface area contributed by atoms with Crippen molar-refractivity contribution in [2.45, 2.75) is 11.9 Å². The lowest BCUT2D eigenvalue weighted by molar-refractivity contribution is -0.384. The van der Waals surface area contributed by atoms with Crippen LogP contribution in [0.2, 0.25) is 0 Å². The van der Waals surface area contributed by atoms with Gasteiger partial charge in [-0.15, -0.1) is 0 Å². The van der Waals surface area contributed by atoms with Gasteiger partial charge in [0.05, 0.1) is 21.9 Å². The molecule has 0 spiro atoms. The van der Waals surface area contributed by atoms with E-state index < -0.39 is 4.92 Å². The number of carbonyl (C=O) groups excluding carboxylic acids is 1. The van der Waals surface area contributed by atoms with Crippen LogP contribution in [0, 0.1) is 28.4 Å². The number of nitriles is 1. The van der Waals surface area contributed by atoms with Gasteiger partial charge in [0.25, 0.3) is 5.69 Å². The highest BCUT2D eigenvalue weighted by atomic mass is 32.2. The highest BCUT2D eigenvalue weighted by Gasteiger charge is 2.17. The number of carbonyl (C=O) groups is 1. The molecule has 4 rings (SSSR count). The Morgan fingerprint density at radius 2 is 1.77 bits per heavy atom. The normalized spacial score (nSPS) is 10.4. The van der Waals surface area contributed by atoms with Crippen LogP contribution in [0.25, 0.3) is 22.4 Å². The fraction of sp³-hybridized carbons (Fsp3) is 0.0741. The molecule has 3 aromatic carbocycles. The van der Waals surface area contributed by atoms with E-state index in [0.717, 1.165) is 34.0 Å². The summed E-state index contributed by atoms with van der Waals surface area (Å²) in [6.07, 6.45) is 0. The third kappa shape index (κ3) is 5.72. The number of anilines is 1. The second-order valence-electron chi connectivity index (χ2n) is 7.72. The number of hydrogen-bond acceptors (Lipinski definition) is 6. The quantitative estimate of drug-likeness (QED) is 0.191. The molecule has 0 saturated heterocycles. The molecule has 8 heteroatoms. The predicted molar refractivity (Wildman–Crippen MR) is 137 cm³/mol. The minimum atomic E-state index is -0.519. The Balaban J connectivity index is 1.65. The van der Waals surface area contributed by atoms with Crippen LogP contribution >= 0.6 is 11.8 Å². The number of non-ortho nitro benzene ring substituents is 1. The Hall–Kier alpha value is -4.48. The molecular formula is C27H20N4O3S. The molecule has 0 aliphatic rings. The predicted octanol–water partition coefficient (Wildman–Crippen LogP) is 6.23. The molecule has 0 atom stereocenters. The van der Waals surface area contributed by atoms with Crippen molar-refractivity contribution in [3.63, 3.8) is 0 Å². The first-order valence-corrected chi connectivity index (χ1v) is 11.7. The van der Waals surface area contributed by atoms with Gasteiger partial charge in [-0.25, -0.2) is 4.98 Å². The molecule has 0 saturated carbocycles. The average Bonchev–Trinajstić information content (AvgIpc) is 2.88. The summed E-state index contributed by atoms with van der Waals surface area (Å²) in [5, 5.41) is 24.1. The number of nitrogens with one attached hydrogen (secondary N) is 1. The molecule has 0 aliphatic heterocycles. The van der Waals surface area contributed by atoms with Crippen LogP contribution in [0.15, 0.2) is 90.0 Å². The molecule has 0 unspecified atom stereocenters. The number of pyridine rings is 1. The number of nitro groups is 1. The molecule has 35 heavy (non-hydrogen) atoms. The molecule has 0 radical (unpaired) electrons. The van der Waals surface area contributed by atoms with Crippen LogP contribution in [0.4, 0.5) is 11.4 Å². The Morgan fingerprint density at radius 1 is 1.03 bits per heavy atom. The van der Waals surface area contributed by atoms with Crippen molar-refractivity contribution >= 4 is 29.0 Å². The van der Waals surface area contributed by atoms with Gasteiger partial charge in [0.15, 0.2) is 0 Å². The lowest BCUT2D eigenvalue weighted by atomic mass is 9.98. The summed E-state index contributed by atoms with van der Waals surface area (Å²) < 4.78 is 0. The van der Waals surface area contributed by atoms with Gasteiger partial charge < -0.3 is 5.32 Å². The standard InChI is InChI=1S/C27H20N4O3S/c1-18-10-12-19(13-11-18)23-15-25(20-6-3-2-4-7-20)30-27(24(23)16-28)35-17-26(32)29-21-8-5-9-22(14-21)31(33)34/h2-15H,17H2,1H3,(H,29,32). The minimum Gasteiger partial charge on any atom is -0.325 e. The number of benzene rings is 3. The van der Waals surface area contributed by atoms with Crippen LogP contribution in [0.1, 0.15) is 11.1 Å². The van der Waals surface area contributed by atoms with Crippen LogP contribution in [-0.4, -0.2) is 21.6 Å². The number of hydrogen-bond donors (Lipinski definition) is 1. The topological polar surface area (TPSA) is 109 Å². The van der Waals surface area contributed by atoms with Crippen molar-refractivity contribution in [1.82, 2.24) is 4.98 Å². The molecule has 0 bridgehead atoms. The summed E-state index contributed by atoms with van der Waals surface area (Å²) in [7, 11) is 0. The van der Waals surface area contributed by atoms with Gasteiger partial charge in [0.2, 0.25) is 5.91 Å². The molecule has 0 aliphatic carbocycles. The third-order valence-electron chi connectivity index (χ3n) is 5.21. The Labute approximate surface area is 206 Å². The van der Waals surface area contributed by atoms with Gasteiger partial charge in [-0.1, -0.05) is 78.0 Å². The van der Waals surface area contributed by atoms with E-state index in [1.54, 1.807) is 6.07 Å². The van der Waals surface area contributed by atoms with Crippen molar-refractivity contribution in [3.8, 4) is 28.5 Å². The van der Waals surface area contributed by atoms with Gasteiger partial charge in [-0.2, -0.15) is 5.26 Å². The van der Waals surface area contributed by atoms with E-state index in [4.69, 9.17) is 4.98 Å². The Morgan fingerprint density at radius 3 is 2.46 bits per heavy atom. The van der Waals surface area contributed by atoms with Crippen molar-refractivity contribution in [2.24, 2.45) is 0 Å².